The quantitative estimate of drug-likeness (QED) is 0.527. The second kappa shape index (κ2) is 8.55. The number of aromatic nitrogens is 3. The predicted octanol–water partition coefficient (Wildman–Crippen LogP) is 3.76. The molecular formula is C21H23F2N5O3S. The van der Waals surface area contributed by atoms with E-state index in [9.17, 15) is 17.2 Å². The van der Waals surface area contributed by atoms with Gasteiger partial charge in [0.15, 0.2) is 0 Å². The van der Waals surface area contributed by atoms with Crippen molar-refractivity contribution in [2.24, 2.45) is 0 Å². The van der Waals surface area contributed by atoms with Crippen LogP contribution in [0, 0.1) is 0 Å². The van der Waals surface area contributed by atoms with Crippen molar-refractivity contribution in [3.05, 3.63) is 59.2 Å². The van der Waals surface area contributed by atoms with E-state index in [1.165, 1.54) is 16.1 Å². The third-order valence-corrected chi connectivity index (χ3v) is 6.50. The van der Waals surface area contributed by atoms with E-state index < -0.39 is 22.3 Å². The lowest BCUT2D eigenvalue weighted by molar-refractivity contribution is 0.116. The van der Waals surface area contributed by atoms with Crippen LogP contribution in [0.5, 0.6) is 0 Å². The maximum Gasteiger partial charge on any atom is 0.314 e. The molecule has 0 atom stereocenters. The highest BCUT2D eigenvalue weighted by molar-refractivity contribution is 7.92. The van der Waals surface area contributed by atoms with E-state index in [2.05, 4.69) is 33.9 Å². The number of pyridine rings is 1. The molecule has 1 aromatic carbocycles. The first-order valence-electron chi connectivity index (χ1n) is 10.0. The van der Waals surface area contributed by atoms with Crippen LogP contribution in [0.1, 0.15) is 43.0 Å². The number of benzene rings is 1. The van der Waals surface area contributed by atoms with Gasteiger partial charge in [-0.05, 0) is 49.2 Å². The molecule has 4 rings (SSSR count). The van der Waals surface area contributed by atoms with Crippen molar-refractivity contribution >= 4 is 15.7 Å². The molecule has 8 nitrogen and oxygen atoms in total. The Labute approximate surface area is 184 Å². The topological polar surface area (TPSA) is 92.4 Å². The van der Waals surface area contributed by atoms with Crippen molar-refractivity contribution in [1.29, 1.82) is 0 Å². The zero-order valence-corrected chi connectivity index (χ0v) is 18.7. The molecule has 1 aliphatic heterocycles. The number of sulfonamides is 1. The van der Waals surface area contributed by atoms with Crippen LogP contribution in [0.4, 0.5) is 14.5 Å². The van der Waals surface area contributed by atoms with Crippen LogP contribution in [-0.2, 0) is 29.7 Å². The first kappa shape index (κ1) is 22.3. The second-order valence-corrected chi connectivity index (χ2v) is 9.91. The number of halogens is 2. The number of alkyl halides is 2. The summed E-state index contributed by atoms with van der Waals surface area (Å²) in [6, 6.07) is 9.27. The van der Waals surface area contributed by atoms with Gasteiger partial charge in [-0.15, -0.1) is 10.2 Å². The molecule has 3 aromatic rings. The SMILES string of the molecule is CC(C)N1Cc2ccc(N(Cc3ccc(-c4nnc(C(F)F)o4)cn3)S(C)(=O)=O)cc2C1. The van der Waals surface area contributed by atoms with E-state index in [4.69, 9.17) is 4.42 Å². The molecule has 0 spiro atoms. The maximum absolute atomic E-state index is 12.6. The molecule has 1 aliphatic rings. The fraction of sp³-hybridized carbons (Fsp3) is 0.381. The number of nitrogens with zero attached hydrogens (tertiary/aromatic N) is 5. The maximum atomic E-state index is 12.6. The van der Waals surface area contributed by atoms with Crippen LogP contribution in [0.3, 0.4) is 0 Å². The molecular weight excluding hydrogens is 440 g/mol. The molecule has 2 aromatic heterocycles. The molecule has 170 valence electrons. The Balaban J connectivity index is 1.56. The molecule has 0 N–H and O–H groups in total. The highest BCUT2D eigenvalue weighted by Crippen LogP contribution is 2.30. The van der Waals surface area contributed by atoms with Crippen molar-refractivity contribution < 1.29 is 21.6 Å². The van der Waals surface area contributed by atoms with Gasteiger partial charge in [0.1, 0.15) is 0 Å². The summed E-state index contributed by atoms with van der Waals surface area (Å²) >= 11 is 0. The molecule has 0 saturated carbocycles. The smallest absolute Gasteiger partial charge is 0.314 e. The van der Waals surface area contributed by atoms with E-state index in [1.807, 2.05) is 18.2 Å². The molecule has 0 radical (unpaired) electrons. The number of hydrogen-bond donors (Lipinski definition) is 0. The van der Waals surface area contributed by atoms with Gasteiger partial charge in [0.2, 0.25) is 15.9 Å². The van der Waals surface area contributed by atoms with Crippen LogP contribution >= 0.6 is 0 Å². The summed E-state index contributed by atoms with van der Waals surface area (Å²) in [5.74, 6) is -0.840. The van der Waals surface area contributed by atoms with Gasteiger partial charge in [0.05, 0.1) is 29.7 Å². The lowest BCUT2D eigenvalue weighted by Gasteiger charge is -2.23. The molecule has 0 unspecified atom stereocenters. The van der Waals surface area contributed by atoms with Gasteiger partial charge in [-0.3, -0.25) is 14.2 Å². The minimum atomic E-state index is -3.58. The van der Waals surface area contributed by atoms with Crippen molar-refractivity contribution in [3.8, 4) is 11.5 Å². The molecule has 0 saturated heterocycles. The van der Waals surface area contributed by atoms with Crippen molar-refractivity contribution in [2.75, 3.05) is 10.6 Å². The van der Waals surface area contributed by atoms with Crippen LogP contribution in [-0.4, -0.2) is 40.8 Å². The average Bonchev–Trinajstić information content (AvgIpc) is 3.38. The van der Waals surface area contributed by atoms with Crippen LogP contribution in [0.15, 0.2) is 40.9 Å². The molecule has 0 amide bonds. The van der Waals surface area contributed by atoms with Crippen molar-refractivity contribution in [1.82, 2.24) is 20.1 Å². The number of anilines is 1. The van der Waals surface area contributed by atoms with Crippen molar-refractivity contribution in [2.45, 2.75) is 45.9 Å². The lowest BCUT2D eigenvalue weighted by Crippen LogP contribution is -2.29. The van der Waals surface area contributed by atoms with Gasteiger partial charge in [0.25, 0.3) is 5.89 Å². The monoisotopic (exact) mass is 463 g/mol. The highest BCUT2D eigenvalue weighted by atomic mass is 32.2. The predicted molar refractivity (Wildman–Crippen MR) is 114 cm³/mol. The third kappa shape index (κ3) is 4.63. The summed E-state index contributed by atoms with van der Waals surface area (Å²) in [4.78, 5) is 6.58. The van der Waals surface area contributed by atoms with Gasteiger partial charge >= 0.3 is 6.43 Å². The first-order chi connectivity index (χ1) is 15.1. The fourth-order valence-corrected chi connectivity index (χ4v) is 4.42. The Morgan fingerprint density at radius 2 is 1.88 bits per heavy atom. The Morgan fingerprint density at radius 1 is 1.12 bits per heavy atom. The summed E-state index contributed by atoms with van der Waals surface area (Å²) in [5, 5.41) is 6.88. The summed E-state index contributed by atoms with van der Waals surface area (Å²) in [7, 11) is -3.58. The van der Waals surface area contributed by atoms with E-state index in [-0.39, 0.29) is 12.4 Å². The van der Waals surface area contributed by atoms with Gasteiger partial charge in [0, 0.05) is 25.3 Å². The second-order valence-electron chi connectivity index (χ2n) is 8.01. The molecule has 3 heterocycles. The first-order valence-corrected chi connectivity index (χ1v) is 11.9. The summed E-state index contributed by atoms with van der Waals surface area (Å²) in [6.45, 7) is 5.91. The van der Waals surface area contributed by atoms with Crippen LogP contribution in [0.2, 0.25) is 0 Å². The lowest BCUT2D eigenvalue weighted by atomic mass is 10.1. The molecule has 0 aliphatic carbocycles. The summed E-state index contributed by atoms with van der Waals surface area (Å²) in [5.41, 5.74) is 3.73. The highest BCUT2D eigenvalue weighted by Gasteiger charge is 2.25. The Kier molecular flexibility index (Phi) is 5.95. The zero-order valence-electron chi connectivity index (χ0n) is 17.9. The van der Waals surface area contributed by atoms with Crippen LogP contribution < -0.4 is 4.31 Å². The van der Waals surface area contributed by atoms with Gasteiger partial charge < -0.3 is 4.42 Å². The van der Waals surface area contributed by atoms with E-state index >= 15 is 0 Å². The van der Waals surface area contributed by atoms with E-state index in [0.29, 0.717) is 23.0 Å². The van der Waals surface area contributed by atoms with E-state index in [1.54, 1.807) is 12.1 Å². The Hall–Kier alpha value is -2.92. The van der Waals surface area contributed by atoms with Gasteiger partial charge in [-0.1, -0.05) is 6.07 Å². The number of rotatable bonds is 7. The minimum absolute atomic E-state index is 0.0257. The van der Waals surface area contributed by atoms with Gasteiger partial charge in [-0.25, -0.2) is 8.42 Å². The molecule has 32 heavy (non-hydrogen) atoms. The average molecular weight is 464 g/mol. The van der Waals surface area contributed by atoms with Gasteiger partial charge in [-0.2, -0.15) is 8.78 Å². The third-order valence-electron chi connectivity index (χ3n) is 5.36. The Bertz CT molecular complexity index is 1210. The largest absolute Gasteiger partial charge is 0.415 e. The molecule has 11 heteroatoms. The standard InChI is InChI=1S/C21H23F2N5O3S/c1-13(2)27-10-15-5-7-18(8-16(15)11-27)28(32(3,29)30)12-17-6-4-14(9-24-17)20-25-26-21(31-20)19(22)23/h4-9,13,19H,10-12H2,1-3H3. The summed E-state index contributed by atoms with van der Waals surface area (Å²) < 4.78 is 56.6. The minimum Gasteiger partial charge on any atom is -0.415 e. The normalized spacial score (nSPS) is 14.3. The zero-order chi connectivity index (χ0) is 23.0. The van der Waals surface area contributed by atoms with Crippen LogP contribution in [0.25, 0.3) is 11.5 Å². The fourth-order valence-electron chi connectivity index (χ4n) is 3.56. The number of fused-ring (bicyclic) bond motifs is 1. The summed E-state index contributed by atoms with van der Waals surface area (Å²) in [6.07, 6.45) is -0.312. The van der Waals surface area contributed by atoms with E-state index in [0.717, 1.165) is 24.9 Å². The molecule has 0 fully saturated rings. The van der Waals surface area contributed by atoms with Crippen molar-refractivity contribution in [3.63, 3.8) is 0 Å². The Morgan fingerprint density at radius 3 is 2.47 bits per heavy atom. The molecule has 0 bridgehead atoms. The number of hydrogen-bond acceptors (Lipinski definition) is 7.